The van der Waals surface area contributed by atoms with Crippen LogP contribution in [-0.4, -0.2) is 37.2 Å². The summed E-state index contributed by atoms with van der Waals surface area (Å²) >= 11 is 0. The molecule has 4 heterocycles. The lowest BCUT2D eigenvalue weighted by Crippen LogP contribution is -2.33. The van der Waals surface area contributed by atoms with E-state index >= 15 is 0 Å². The fraction of sp³-hybridized carbons (Fsp3) is 0.429. The van der Waals surface area contributed by atoms with E-state index in [9.17, 15) is 14.0 Å². The number of hydrogen-bond acceptors (Lipinski definition) is 6. The van der Waals surface area contributed by atoms with Gasteiger partial charge in [-0.2, -0.15) is 4.98 Å². The van der Waals surface area contributed by atoms with Gasteiger partial charge in [0.1, 0.15) is 5.52 Å². The lowest BCUT2D eigenvalue weighted by molar-refractivity contribution is -0.0158. The van der Waals surface area contributed by atoms with Gasteiger partial charge in [-0.3, -0.25) is 13.9 Å². The van der Waals surface area contributed by atoms with Crippen molar-refractivity contribution in [2.75, 3.05) is 5.32 Å². The zero-order valence-electron chi connectivity index (χ0n) is 17.3. The van der Waals surface area contributed by atoms with E-state index in [-0.39, 0.29) is 41.1 Å². The number of primary amides is 1. The molecular formula is C21H23FN6O3. The van der Waals surface area contributed by atoms with Gasteiger partial charge in [0.05, 0.1) is 29.7 Å². The Hall–Kier alpha value is -3.27. The molecule has 2 aliphatic heterocycles. The van der Waals surface area contributed by atoms with Crippen LogP contribution in [-0.2, 0) is 11.8 Å². The van der Waals surface area contributed by atoms with Crippen LogP contribution in [0.4, 0.5) is 16.0 Å². The molecule has 10 heteroatoms. The summed E-state index contributed by atoms with van der Waals surface area (Å²) in [6.45, 7) is 1.73. The van der Waals surface area contributed by atoms with Crippen LogP contribution in [0.1, 0.15) is 47.6 Å². The first-order valence-electron chi connectivity index (χ1n) is 10.3. The van der Waals surface area contributed by atoms with Gasteiger partial charge in [0, 0.05) is 13.1 Å². The monoisotopic (exact) mass is 426 g/mol. The van der Waals surface area contributed by atoms with Gasteiger partial charge in [-0.15, -0.1) is 0 Å². The second-order valence-electron chi connectivity index (χ2n) is 8.36. The second-order valence-corrected chi connectivity index (χ2v) is 8.36. The molecule has 0 aliphatic carbocycles. The molecule has 162 valence electrons. The molecule has 9 nitrogen and oxygen atoms in total. The van der Waals surface area contributed by atoms with Crippen molar-refractivity contribution in [2.45, 2.75) is 50.9 Å². The number of ether oxygens (including phenoxy) is 1. The Morgan fingerprint density at radius 1 is 1.29 bits per heavy atom. The smallest absolute Gasteiger partial charge is 0.330 e. The molecule has 31 heavy (non-hydrogen) atoms. The van der Waals surface area contributed by atoms with E-state index in [1.54, 1.807) is 30.8 Å². The number of carbonyl (C=O) groups excluding carboxylic acids is 1. The largest absolute Gasteiger partial charge is 0.375 e. The summed E-state index contributed by atoms with van der Waals surface area (Å²) in [6.07, 6.45) is 5.42. The highest BCUT2D eigenvalue weighted by Gasteiger charge is 2.37. The highest BCUT2D eigenvalue weighted by atomic mass is 19.1. The number of fused-ring (bicyclic) bond motifs is 3. The molecule has 2 saturated heterocycles. The molecule has 3 N–H and O–H groups in total. The molecule has 1 aromatic carbocycles. The van der Waals surface area contributed by atoms with Crippen LogP contribution in [0.3, 0.4) is 0 Å². The average molecular weight is 426 g/mol. The Balaban J connectivity index is 1.57. The number of aryl methyl sites for hydroxylation is 2. The van der Waals surface area contributed by atoms with Crippen molar-refractivity contribution in [2.24, 2.45) is 12.8 Å². The van der Waals surface area contributed by atoms with E-state index < -0.39 is 11.7 Å². The minimum atomic E-state index is -0.855. The van der Waals surface area contributed by atoms with Crippen LogP contribution in [0, 0.1) is 12.7 Å². The first kappa shape index (κ1) is 19.7. The summed E-state index contributed by atoms with van der Waals surface area (Å²) in [5.41, 5.74) is 6.69. The zero-order valence-corrected chi connectivity index (χ0v) is 17.3. The minimum absolute atomic E-state index is 0.0117. The molecule has 2 aliphatic rings. The molecular weight excluding hydrogens is 403 g/mol. The number of nitrogens with two attached hydrogens (primary N) is 1. The van der Waals surface area contributed by atoms with Crippen LogP contribution in [0.2, 0.25) is 0 Å². The molecule has 0 spiro atoms. The second kappa shape index (κ2) is 7.16. The van der Waals surface area contributed by atoms with Crippen LogP contribution in [0.25, 0.3) is 11.2 Å². The molecule has 3 aromatic rings. The standard InChI is InChI=1S/C21H23FN6O3/c1-10-5-14(18(23)29)17(22)15(6-10)25-20-24-9-16-19(26-20)28(21(30)27(16)2)11-7-12-3-4-13(8-11)31-12/h5-6,9,11-13H,3-4,7-8H2,1-2H3,(H2,23,29)(H,24,25,26). The number of hydrogen-bond donors (Lipinski definition) is 2. The Labute approximate surface area is 177 Å². The third kappa shape index (κ3) is 3.27. The summed E-state index contributed by atoms with van der Waals surface area (Å²) in [7, 11) is 1.69. The third-order valence-electron chi connectivity index (χ3n) is 6.19. The van der Waals surface area contributed by atoms with Crippen LogP contribution < -0.4 is 16.7 Å². The third-order valence-corrected chi connectivity index (χ3v) is 6.19. The van der Waals surface area contributed by atoms with Gasteiger partial charge in [0.2, 0.25) is 5.95 Å². The van der Waals surface area contributed by atoms with E-state index in [1.807, 2.05) is 0 Å². The maximum absolute atomic E-state index is 14.7. The fourth-order valence-corrected chi connectivity index (χ4v) is 4.73. The molecule has 0 radical (unpaired) electrons. The minimum Gasteiger partial charge on any atom is -0.375 e. The Kier molecular flexibility index (Phi) is 4.54. The Morgan fingerprint density at radius 3 is 2.68 bits per heavy atom. The first-order chi connectivity index (χ1) is 14.8. The zero-order chi connectivity index (χ0) is 21.9. The van der Waals surface area contributed by atoms with Crippen molar-refractivity contribution < 1.29 is 13.9 Å². The van der Waals surface area contributed by atoms with Crippen molar-refractivity contribution in [3.8, 4) is 0 Å². The predicted octanol–water partition coefficient (Wildman–Crippen LogP) is 2.30. The average Bonchev–Trinajstić information content (AvgIpc) is 3.19. The quantitative estimate of drug-likeness (QED) is 0.661. The number of benzene rings is 1. The van der Waals surface area contributed by atoms with E-state index in [0.717, 1.165) is 25.7 Å². The van der Waals surface area contributed by atoms with Gasteiger partial charge in [-0.05, 0) is 50.3 Å². The molecule has 2 unspecified atom stereocenters. The maximum atomic E-state index is 14.7. The number of halogens is 1. The van der Waals surface area contributed by atoms with Crippen LogP contribution in [0.15, 0.2) is 23.1 Å². The predicted molar refractivity (Wildman–Crippen MR) is 112 cm³/mol. The summed E-state index contributed by atoms with van der Waals surface area (Å²) in [4.78, 5) is 33.3. The number of imidazole rings is 1. The van der Waals surface area contributed by atoms with Crippen molar-refractivity contribution in [1.82, 2.24) is 19.1 Å². The van der Waals surface area contributed by atoms with Gasteiger partial charge in [0.15, 0.2) is 11.5 Å². The molecule has 2 fully saturated rings. The van der Waals surface area contributed by atoms with Gasteiger partial charge in [-0.25, -0.2) is 14.2 Å². The van der Waals surface area contributed by atoms with Crippen LogP contribution in [0.5, 0.6) is 0 Å². The number of carbonyl (C=O) groups is 1. The molecule has 1 amide bonds. The van der Waals surface area contributed by atoms with E-state index in [2.05, 4.69) is 15.3 Å². The van der Waals surface area contributed by atoms with Gasteiger partial charge >= 0.3 is 5.69 Å². The topological polar surface area (TPSA) is 117 Å². The number of nitrogens with zero attached hydrogens (tertiary/aromatic N) is 4. The lowest BCUT2D eigenvalue weighted by atomic mass is 10.0. The molecule has 0 saturated carbocycles. The number of nitrogens with one attached hydrogen (secondary N) is 1. The van der Waals surface area contributed by atoms with Crippen LogP contribution >= 0.6 is 0 Å². The Bertz CT molecular complexity index is 1250. The summed E-state index contributed by atoms with van der Waals surface area (Å²) in [5.74, 6) is -1.50. The van der Waals surface area contributed by atoms with E-state index in [1.165, 1.54) is 10.6 Å². The normalized spacial score (nSPS) is 22.7. The number of anilines is 2. The number of aromatic nitrogens is 4. The van der Waals surface area contributed by atoms with E-state index in [4.69, 9.17) is 10.5 Å². The van der Waals surface area contributed by atoms with Gasteiger partial charge in [-0.1, -0.05) is 0 Å². The van der Waals surface area contributed by atoms with Crippen molar-refractivity contribution in [3.63, 3.8) is 0 Å². The first-order valence-corrected chi connectivity index (χ1v) is 10.3. The lowest BCUT2D eigenvalue weighted by Gasteiger charge is -2.28. The number of amides is 1. The van der Waals surface area contributed by atoms with Crippen molar-refractivity contribution in [3.05, 3.63) is 45.8 Å². The fourth-order valence-electron chi connectivity index (χ4n) is 4.73. The Morgan fingerprint density at radius 2 is 2.00 bits per heavy atom. The highest BCUT2D eigenvalue weighted by molar-refractivity contribution is 5.94. The van der Waals surface area contributed by atoms with Crippen molar-refractivity contribution in [1.29, 1.82) is 0 Å². The summed E-state index contributed by atoms with van der Waals surface area (Å²) in [5, 5.41) is 2.83. The molecule has 2 bridgehead atoms. The molecule has 2 aromatic heterocycles. The molecule has 2 atom stereocenters. The van der Waals surface area contributed by atoms with E-state index in [0.29, 0.717) is 16.7 Å². The highest BCUT2D eigenvalue weighted by Crippen LogP contribution is 2.38. The summed E-state index contributed by atoms with van der Waals surface area (Å²) < 4.78 is 23.9. The molecule has 5 rings (SSSR count). The number of rotatable bonds is 4. The SMILES string of the molecule is Cc1cc(Nc2ncc3c(n2)n(C2CC4CCC(C2)O4)c(=O)n3C)c(F)c(C(N)=O)c1. The van der Waals surface area contributed by atoms with Gasteiger partial charge in [0.25, 0.3) is 5.91 Å². The van der Waals surface area contributed by atoms with Gasteiger partial charge < -0.3 is 15.8 Å². The van der Waals surface area contributed by atoms with Crippen molar-refractivity contribution >= 4 is 28.7 Å². The summed E-state index contributed by atoms with van der Waals surface area (Å²) in [6, 6.07) is 2.92. The maximum Gasteiger partial charge on any atom is 0.330 e.